The summed E-state index contributed by atoms with van der Waals surface area (Å²) in [6, 6.07) is 6.54. The van der Waals surface area contributed by atoms with Crippen molar-refractivity contribution in [1.82, 2.24) is 4.72 Å². The van der Waals surface area contributed by atoms with Crippen LogP contribution in [-0.4, -0.2) is 32.9 Å². The molecule has 18 heavy (non-hydrogen) atoms. The molecular weight excluding hydrogens is 254 g/mol. The topological polar surface area (TPSA) is 75.6 Å². The van der Waals surface area contributed by atoms with Gasteiger partial charge in [-0.05, 0) is 42.7 Å². The van der Waals surface area contributed by atoms with Gasteiger partial charge < -0.3 is 9.84 Å². The predicted molar refractivity (Wildman–Crippen MR) is 68.9 cm³/mol. The third-order valence-corrected chi connectivity index (χ3v) is 2.89. The quantitative estimate of drug-likeness (QED) is 0.713. The molecule has 0 aliphatic rings. The molecule has 1 rings (SSSR count). The number of aliphatic hydroxyl groups is 1. The van der Waals surface area contributed by atoms with E-state index in [-0.39, 0.29) is 6.61 Å². The van der Waals surface area contributed by atoms with E-state index in [2.05, 4.69) is 10.8 Å². The van der Waals surface area contributed by atoms with Crippen molar-refractivity contribution in [2.45, 2.75) is 20.0 Å². The fourth-order valence-corrected chi connectivity index (χ4v) is 1.96. The van der Waals surface area contributed by atoms with Gasteiger partial charge in [-0.3, -0.25) is 0 Å². The molecule has 0 aliphatic heterocycles. The molecule has 1 aromatic carbocycles. The van der Waals surface area contributed by atoms with Gasteiger partial charge in [-0.15, -0.1) is 0 Å². The fourth-order valence-electron chi connectivity index (χ4n) is 1.44. The molecule has 0 amide bonds. The van der Waals surface area contributed by atoms with Crippen molar-refractivity contribution in [3.05, 3.63) is 29.3 Å². The summed E-state index contributed by atoms with van der Waals surface area (Å²) in [4.78, 5) is 0. The highest BCUT2D eigenvalue weighted by Gasteiger charge is 2.01. The zero-order valence-corrected chi connectivity index (χ0v) is 11.4. The van der Waals surface area contributed by atoms with Crippen molar-refractivity contribution >= 4 is 10.0 Å². The molecule has 0 heterocycles. The van der Waals surface area contributed by atoms with Crippen molar-refractivity contribution in [1.29, 1.82) is 0 Å². The SMILES string of the molecule is Cc1[c]c(CO)cc(OCCCNS(C)(=O)=O)c1. The van der Waals surface area contributed by atoms with E-state index in [4.69, 9.17) is 9.84 Å². The molecule has 0 fully saturated rings. The molecule has 0 bridgehead atoms. The van der Waals surface area contributed by atoms with Gasteiger partial charge in [0.2, 0.25) is 10.0 Å². The molecular formula is C12H18NO4S. The number of aryl methyl sites for hydroxylation is 1. The first-order valence-corrected chi connectivity index (χ1v) is 7.51. The van der Waals surface area contributed by atoms with E-state index in [9.17, 15) is 8.42 Å². The van der Waals surface area contributed by atoms with Crippen LogP contribution in [0, 0.1) is 13.0 Å². The smallest absolute Gasteiger partial charge is 0.208 e. The normalized spacial score (nSPS) is 11.5. The minimum Gasteiger partial charge on any atom is -0.494 e. The Labute approximate surface area is 108 Å². The van der Waals surface area contributed by atoms with E-state index >= 15 is 0 Å². The highest BCUT2D eigenvalue weighted by molar-refractivity contribution is 7.88. The second-order valence-electron chi connectivity index (χ2n) is 4.05. The van der Waals surface area contributed by atoms with Gasteiger partial charge in [-0.2, -0.15) is 0 Å². The van der Waals surface area contributed by atoms with Gasteiger partial charge in [0, 0.05) is 6.54 Å². The average molecular weight is 272 g/mol. The second-order valence-corrected chi connectivity index (χ2v) is 5.88. The van der Waals surface area contributed by atoms with Crippen LogP contribution < -0.4 is 9.46 Å². The van der Waals surface area contributed by atoms with Crippen LogP contribution in [0.1, 0.15) is 17.5 Å². The molecule has 0 spiro atoms. The van der Waals surface area contributed by atoms with E-state index < -0.39 is 10.0 Å². The van der Waals surface area contributed by atoms with Crippen LogP contribution >= 0.6 is 0 Å². The maximum absolute atomic E-state index is 10.8. The molecule has 1 aromatic rings. The maximum atomic E-state index is 10.8. The molecule has 0 aliphatic carbocycles. The van der Waals surface area contributed by atoms with Crippen molar-refractivity contribution in [2.24, 2.45) is 0 Å². The van der Waals surface area contributed by atoms with Gasteiger partial charge in [0.15, 0.2) is 0 Å². The summed E-state index contributed by atoms with van der Waals surface area (Å²) >= 11 is 0. The summed E-state index contributed by atoms with van der Waals surface area (Å²) in [5, 5.41) is 9.02. The number of sulfonamides is 1. The van der Waals surface area contributed by atoms with Gasteiger partial charge in [0.05, 0.1) is 19.5 Å². The minimum absolute atomic E-state index is 0.0757. The lowest BCUT2D eigenvalue weighted by Gasteiger charge is -2.08. The van der Waals surface area contributed by atoms with Gasteiger partial charge in [0.25, 0.3) is 0 Å². The highest BCUT2D eigenvalue weighted by Crippen LogP contribution is 2.16. The Bertz CT molecular complexity index is 485. The lowest BCUT2D eigenvalue weighted by Crippen LogP contribution is -2.24. The third-order valence-electron chi connectivity index (χ3n) is 2.16. The summed E-state index contributed by atoms with van der Waals surface area (Å²) in [6.45, 7) is 2.56. The Kier molecular flexibility index (Phi) is 5.58. The maximum Gasteiger partial charge on any atom is 0.208 e. The Balaban J connectivity index is 2.37. The van der Waals surface area contributed by atoms with Gasteiger partial charge >= 0.3 is 0 Å². The summed E-state index contributed by atoms with van der Waals surface area (Å²) < 4.78 is 29.5. The first kappa shape index (κ1) is 14.9. The average Bonchev–Trinajstić information content (AvgIpc) is 2.26. The first-order valence-electron chi connectivity index (χ1n) is 5.62. The van der Waals surface area contributed by atoms with E-state index in [1.54, 1.807) is 6.07 Å². The van der Waals surface area contributed by atoms with Crippen LogP contribution in [0.5, 0.6) is 5.75 Å². The number of benzene rings is 1. The molecule has 0 aromatic heterocycles. The van der Waals surface area contributed by atoms with Crippen LogP contribution in [0.4, 0.5) is 0 Å². The van der Waals surface area contributed by atoms with Crippen LogP contribution in [0.2, 0.25) is 0 Å². The largest absolute Gasteiger partial charge is 0.494 e. The zero-order valence-electron chi connectivity index (χ0n) is 10.6. The molecule has 0 unspecified atom stereocenters. The molecule has 2 N–H and O–H groups in total. The number of ether oxygens (including phenoxy) is 1. The van der Waals surface area contributed by atoms with Crippen molar-refractivity contribution < 1.29 is 18.3 Å². The van der Waals surface area contributed by atoms with Gasteiger partial charge in [-0.25, -0.2) is 13.1 Å². The Hall–Kier alpha value is -1.11. The van der Waals surface area contributed by atoms with Crippen LogP contribution in [0.15, 0.2) is 12.1 Å². The summed E-state index contributed by atoms with van der Waals surface area (Å²) in [6.07, 6.45) is 1.71. The number of hydrogen-bond acceptors (Lipinski definition) is 4. The van der Waals surface area contributed by atoms with E-state index in [0.29, 0.717) is 30.9 Å². The van der Waals surface area contributed by atoms with Crippen molar-refractivity contribution in [3.63, 3.8) is 0 Å². The van der Waals surface area contributed by atoms with Crippen molar-refractivity contribution in [3.8, 4) is 5.75 Å². The Morgan fingerprint density at radius 2 is 2.17 bits per heavy atom. The molecule has 0 saturated heterocycles. The van der Waals surface area contributed by atoms with Crippen LogP contribution in [0.3, 0.4) is 0 Å². The molecule has 101 valence electrons. The monoisotopic (exact) mass is 272 g/mol. The Morgan fingerprint density at radius 3 is 2.78 bits per heavy atom. The predicted octanol–water partition coefficient (Wildman–Crippen LogP) is 0.606. The first-order chi connectivity index (χ1) is 8.40. The standard InChI is InChI=1S/C12H18NO4S/c1-10-6-11(9-14)8-12(7-10)17-5-3-4-13-18(2,15)16/h7-8,13-14H,3-5,9H2,1-2H3. The molecule has 6 heteroatoms. The number of rotatable bonds is 7. The van der Waals surface area contributed by atoms with E-state index in [1.165, 1.54) is 0 Å². The van der Waals surface area contributed by atoms with Crippen molar-refractivity contribution in [2.75, 3.05) is 19.4 Å². The summed E-state index contributed by atoms with van der Waals surface area (Å²) in [5.41, 5.74) is 1.57. The summed E-state index contributed by atoms with van der Waals surface area (Å²) in [7, 11) is -3.13. The van der Waals surface area contributed by atoms with Gasteiger partial charge in [-0.1, -0.05) is 0 Å². The molecule has 0 atom stereocenters. The number of hydrogen-bond donors (Lipinski definition) is 2. The lowest BCUT2D eigenvalue weighted by atomic mass is 10.1. The third kappa shape index (κ3) is 6.00. The van der Waals surface area contributed by atoms with Crippen LogP contribution in [0.25, 0.3) is 0 Å². The fraction of sp³-hybridized carbons (Fsp3) is 0.500. The molecule has 5 nitrogen and oxygen atoms in total. The molecule has 1 radical (unpaired) electrons. The Morgan fingerprint density at radius 1 is 1.44 bits per heavy atom. The van der Waals surface area contributed by atoms with Gasteiger partial charge in [0.1, 0.15) is 5.75 Å². The second kappa shape index (κ2) is 6.72. The minimum atomic E-state index is -3.13. The summed E-state index contributed by atoms with van der Waals surface area (Å²) in [5.74, 6) is 0.662. The zero-order chi connectivity index (χ0) is 13.6. The van der Waals surface area contributed by atoms with E-state index in [1.807, 2.05) is 13.0 Å². The highest BCUT2D eigenvalue weighted by atomic mass is 32.2. The number of aliphatic hydroxyl groups excluding tert-OH is 1. The lowest BCUT2D eigenvalue weighted by molar-refractivity contribution is 0.278. The van der Waals surface area contributed by atoms with E-state index in [0.717, 1.165) is 11.8 Å². The van der Waals surface area contributed by atoms with Crippen LogP contribution in [-0.2, 0) is 16.6 Å². The molecule has 0 saturated carbocycles. The number of nitrogens with one attached hydrogen (secondary N) is 1.